The molecule has 0 radical (unpaired) electrons. The summed E-state index contributed by atoms with van der Waals surface area (Å²) in [5, 5.41) is 6.85. The van der Waals surface area contributed by atoms with Gasteiger partial charge in [-0.25, -0.2) is 18.7 Å². The predicted molar refractivity (Wildman–Crippen MR) is 89.4 cm³/mol. The van der Waals surface area contributed by atoms with Crippen molar-refractivity contribution in [1.29, 1.82) is 0 Å². The number of hydrogen-bond acceptors (Lipinski definition) is 5. The lowest BCUT2D eigenvalue weighted by atomic mass is 10.1. The van der Waals surface area contributed by atoms with Gasteiger partial charge in [-0.2, -0.15) is 0 Å². The highest BCUT2D eigenvalue weighted by Crippen LogP contribution is 2.31. The van der Waals surface area contributed by atoms with Crippen molar-refractivity contribution in [2.45, 2.75) is 6.92 Å². The quantitative estimate of drug-likeness (QED) is 0.591. The van der Waals surface area contributed by atoms with E-state index < -0.39 is 11.6 Å². The van der Waals surface area contributed by atoms with E-state index in [0.29, 0.717) is 16.8 Å². The number of nitrogens with zero attached hydrogens (tertiary/aromatic N) is 3. The molecule has 4 rings (SSSR count). The molecule has 0 bridgehead atoms. The standard InChI is InChI=1S/C18H12F2N4O/c1-10-2-4-11(5-3-10)15-16-17(25-24-15)18(22-9-21-16)23-14-7-6-12(19)8-13(14)20/h2-9H,1H3,(H,21,22,23). The van der Waals surface area contributed by atoms with Crippen LogP contribution in [0, 0.1) is 18.6 Å². The molecule has 2 heterocycles. The second-order valence-electron chi connectivity index (χ2n) is 5.55. The van der Waals surface area contributed by atoms with E-state index in [1.165, 1.54) is 12.4 Å². The number of benzene rings is 2. The molecule has 0 aliphatic heterocycles. The van der Waals surface area contributed by atoms with Crippen LogP contribution < -0.4 is 5.32 Å². The summed E-state index contributed by atoms with van der Waals surface area (Å²) < 4.78 is 32.3. The van der Waals surface area contributed by atoms with Gasteiger partial charge in [0.25, 0.3) is 0 Å². The second-order valence-corrected chi connectivity index (χ2v) is 5.55. The fraction of sp³-hybridized carbons (Fsp3) is 0.0556. The fourth-order valence-corrected chi connectivity index (χ4v) is 2.47. The molecule has 0 aliphatic rings. The first kappa shape index (κ1) is 15.2. The van der Waals surface area contributed by atoms with Crippen LogP contribution in [0.2, 0.25) is 0 Å². The van der Waals surface area contributed by atoms with E-state index in [0.717, 1.165) is 23.3 Å². The lowest BCUT2D eigenvalue weighted by molar-refractivity contribution is 0.459. The average molecular weight is 338 g/mol. The van der Waals surface area contributed by atoms with Crippen molar-refractivity contribution in [3.8, 4) is 11.3 Å². The minimum atomic E-state index is -0.731. The first-order valence-corrected chi connectivity index (χ1v) is 7.51. The van der Waals surface area contributed by atoms with E-state index in [-0.39, 0.29) is 11.5 Å². The normalized spacial score (nSPS) is 11.0. The molecule has 1 N–H and O–H groups in total. The van der Waals surface area contributed by atoms with Crippen molar-refractivity contribution in [2.24, 2.45) is 0 Å². The van der Waals surface area contributed by atoms with Gasteiger partial charge in [0, 0.05) is 11.6 Å². The van der Waals surface area contributed by atoms with Crippen LogP contribution in [0.3, 0.4) is 0 Å². The van der Waals surface area contributed by atoms with Crippen LogP contribution in [-0.4, -0.2) is 15.1 Å². The third-order valence-corrected chi connectivity index (χ3v) is 3.77. The van der Waals surface area contributed by atoms with Gasteiger partial charge in [-0.1, -0.05) is 35.0 Å². The molecule has 2 aromatic heterocycles. The zero-order valence-corrected chi connectivity index (χ0v) is 13.1. The van der Waals surface area contributed by atoms with Gasteiger partial charge in [0.2, 0.25) is 5.58 Å². The first-order chi connectivity index (χ1) is 12.1. The number of aromatic nitrogens is 3. The Morgan fingerprint density at radius 2 is 1.80 bits per heavy atom. The van der Waals surface area contributed by atoms with Crippen LogP contribution in [0.4, 0.5) is 20.3 Å². The number of nitrogens with one attached hydrogen (secondary N) is 1. The number of anilines is 2. The summed E-state index contributed by atoms with van der Waals surface area (Å²) in [6, 6.07) is 11.0. The van der Waals surface area contributed by atoms with Crippen LogP contribution in [0.25, 0.3) is 22.4 Å². The number of halogens is 2. The molecule has 5 nitrogen and oxygen atoms in total. The van der Waals surface area contributed by atoms with Gasteiger partial charge in [0.15, 0.2) is 5.82 Å². The monoisotopic (exact) mass is 338 g/mol. The summed E-state index contributed by atoms with van der Waals surface area (Å²) in [5.41, 5.74) is 3.42. The lowest BCUT2D eigenvalue weighted by Gasteiger charge is -2.06. The van der Waals surface area contributed by atoms with Crippen molar-refractivity contribution in [2.75, 3.05) is 5.32 Å². The third kappa shape index (κ3) is 2.80. The van der Waals surface area contributed by atoms with Gasteiger partial charge < -0.3 is 9.84 Å². The molecule has 0 unspecified atom stereocenters. The molecule has 0 spiro atoms. The van der Waals surface area contributed by atoms with Crippen molar-refractivity contribution in [3.05, 3.63) is 66.0 Å². The topological polar surface area (TPSA) is 63.8 Å². The maximum atomic E-state index is 13.9. The van der Waals surface area contributed by atoms with Gasteiger partial charge >= 0.3 is 0 Å². The molecular formula is C18H12F2N4O. The van der Waals surface area contributed by atoms with E-state index in [1.807, 2.05) is 31.2 Å². The summed E-state index contributed by atoms with van der Waals surface area (Å²) in [6.07, 6.45) is 1.33. The average Bonchev–Trinajstić information content (AvgIpc) is 3.03. The minimum absolute atomic E-state index is 0.0784. The molecule has 7 heteroatoms. The molecule has 124 valence electrons. The van der Waals surface area contributed by atoms with Gasteiger partial charge in [0.1, 0.15) is 29.2 Å². The molecule has 0 atom stereocenters. The fourth-order valence-electron chi connectivity index (χ4n) is 2.47. The third-order valence-electron chi connectivity index (χ3n) is 3.77. The summed E-state index contributed by atoms with van der Waals surface area (Å²) in [6.45, 7) is 1.99. The SMILES string of the molecule is Cc1ccc(-c2noc3c(Nc4ccc(F)cc4F)ncnc23)cc1. The number of hydrogen-bond donors (Lipinski definition) is 1. The van der Waals surface area contributed by atoms with Crippen molar-refractivity contribution in [1.82, 2.24) is 15.1 Å². The molecule has 0 saturated carbocycles. The second kappa shape index (κ2) is 5.94. The number of aryl methyl sites for hydroxylation is 1. The predicted octanol–water partition coefficient (Wildman–Crippen LogP) is 4.62. The zero-order valence-electron chi connectivity index (χ0n) is 13.1. The Morgan fingerprint density at radius 1 is 1.00 bits per heavy atom. The maximum absolute atomic E-state index is 13.9. The zero-order chi connectivity index (χ0) is 17.4. The summed E-state index contributed by atoms with van der Waals surface area (Å²) in [5.74, 6) is -1.14. The van der Waals surface area contributed by atoms with E-state index in [9.17, 15) is 8.78 Å². The highest BCUT2D eigenvalue weighted by Gasteiger charge is 2.17. The summed E-state index contributed by atoms with van der Waals surface area (Å²) in [7, 11) is 0. The number of rotatable bonds is 3. The van der Waals surface area contributed by atoms with Crippen LogP contribution in [0.5, 0.6) is 0 Å². The summed E-state index contributed by atoms with van der Waals surface area (Å²) in [4.78, 5) is 8.29. The smallest absolute Gasteiger partial charge is 0.228 e. The Hall–Kier alpha value is -3.35. The van der Waals surface area contributed by atoms with Gasteiger partial charge in [-0.15, -0.1) is 0 Å². The van der Waals surface area contributed by atoms with E-state index in [2.05, 4.69) is 20.4 Å². The Labute approximate surface area is 141 Å². The molecule has 25 heavy (non-hydrogen) atoms. The van der Waals surface area contributed by atoms with E-state index in [1.54, 1.807) is 0 Å². The molecule has 0 saturated heterocycles. The van der Waals surface area contributed by atoms with Crippen LogP contribution in [0.15, 0.2) is 53.3 Å². The lowest BCUT2D eigenvalue weighted by Crippen LogP contribution is -1.98. The van der Waals surface area contributed by atoms with E-state index >= 15 is 0 Å². The molecule has 0 fully saturated rings. The Balaban J connectivity index is 1.77. The summed E-state index contributed by atoms with van der Waals surface area (Å²) >= 11 is 0. The Morgan fingerprint density at radius 3 is 2.56 bits per heavy atom. The molecule has 2 aromatic carbocycles. The highest BCUT2D eigenvalue weighted by molar-refractivity contribution is 5.94. The number of fused-ring (bicyclic) bond motifs is 1. The van der Waals surface area contributed by atoms with Crippen LogP contribution in [0.1, 0.15) is 5.56 Å². The van der Waals surface area contributed by atoms with Crippen LogP contribution >= 0.6 is 0 Å². The Bertz CT molecular complexity index is 1060. The molecule has 0 amide bonds. The maximum Gasteiger partial charge on any atom is 0.228 e. The minimum Gasteiger partial charge on any atom is -0.350 e. The van der Waals surface area contributed by atoms with Crippen molar-refractivity contribution in [3.63, 3.8) is 0 Å². The highest BCUT2D eigenvalue weighted by atomic mass is 19.1. The Kier molecular flexibility index (Phi) is 3.61. The largest absolute Gasteiger partial charge is 0.350 e. The van der Waals surface area contributed by atoms with Crippen LogP contribution in [-0.2, 0) is 0 Å². The van der Waals surface area contributed by atoms with Gasteiger partial charge in [0.05, 0.1) is 5.69 Å². The van der Waals surface area contributed by atoms with Crippen molar-refractivity contribution >= 4 is 22.6 Å². The van der Waals surface area contributed by atoms with E-state index in [4.69, 9.17) is 4.52 Å². The van der Waals surface area contributed by atoms with Gasteiger partial charge in [-0.05, 0) is 19.1 Å². The van der Waals surface area contributed by atoms with Gasteiger partial charge in [-0.3, -0.25) is 0 Å². The molecular weight excluding hydrogens is 326 g/mol. The molecule has 4 aromatic rings. The molecule has 0 aliphatic carbocycles. The first-order valence-electron chi connectivity index (χ1n) is 7.51. The van der Waals surface area contributed by atoms with Crippen molar-refractivity contribution < 1.29 is 13.3 Å².